The number of nitro groups is 1. The maximum atomic E-state index is 14.5. The highest BCUT2D eigenvalue weighted by Gasteiger charge is 2.30. The number of sulfonamides is 1. The molecule has 152 valence electrons. The van der Waals surface area contributed by atoms with E-state index in [0.717, 1.165) is 18.2 Å². The van der Waals surface area contributed by atoms with Crippen LogP contribution in [0.5, 0.6) is 5.75 Å². The molecule has 1 heterocycles. The quantitative estimate of drug-likeness (QED) is 0.464. The smallest absolute Gasteiger partial charge is 0.273 e. The van der Waals surface area contributed by atoms with Gasteiger partial charge in [-0.15, -0.1) is 0 Å². The van der Waals surface area contributed by atoms with Gasteiger partial charge in [0.25, 0.3) is 5.69 Å². The number of halogens is 1. The number of ether oxygens (including phenoxy) is 1. The van der Waals surface area contributed by atoms with E-state index in [2.05, 4.69) is 9.71 Å². The molecule has 0 bridgehead atoms. The number of methoxy groups -OCH3 is 1. The Kier molecular flexibility index (Phi) is 5.62. The Morgan fingerprint density at radius 3 is 2.59 bits per heavy atom. The molecule has 1 aromatic heterocycles. The topological polar surface area (TPSA) is 116 Å². The highest BCUT2D eigenvalue weighted by Crippen LogP contribution is 2.31. The summed E-state index contributed by atoms with van der Waals surface area (Å²) in [6, 6.07) is 7.72. The van der Waals surface area contributed by atoms with Crippen LogP contribution in [0.4, 0.5) is 10.1 Å². The molecule has 0 saturated heterocycles. The second-order valence-electron chi connectivity index (χ2n) is 6.06. The van der Waals surface area contributed by atoms with Crippen molar-refractivity contribution in [3.63, 3.8) is 0 Å². The summed E-state index contributed by atoms with van der Waals surface area (Å²) in [6.45, 7) is 0. The van der Waals surface area contributed by atoms with Gasteiger partial charge in [-0.05, 0) is 12.1 Å². The monoisotopic (exact) mass is 420 g/mol. The van der Waals surface area contributed by atoms with Crippen molar-refractivity contribution < 1.29 is 22.5 Å². The first-order valence-electron chi connectivity index (χ1n) is 8.31. The fraction of sp³-hybridized carbons (Fsp3) is 0.167. The van der Waals surface area contributed by atoms with E-state index >= 15 is 0 Å². The Balaban J connectivity index is 2.09. The lowest BCUT2D eigenvalue weighted by atomic mass is 10.1. The van der Waals surface area contributed by atoms with Crippen LogP contribution < -0.4 is 9.46 Å². The molecule has 0 amide bonds. The number of nitrogens with zero attached hydrogens (tertiary/aromatic N) is 3. The molecule has 0 aliphatic rings. The van der Waals surface area contributed by atoms with Crippen LogP contribution in [0, 0.1) is 15.9 Å². The molecule has 2 aromatic carbocycles. The number of rotatable bonds is 7. The van der Waals surface area contributed by atoms with Crippen LogP contribution in [0.25, 0.3) is 0 Å². The van der Waals surface area contributed by atoms with Crippen molar-refractivity contribution in [3.8, 4) is 5.75 Å². The van der Waals surface area contributed by atoms with Gasteiger partial charge in [0, 0.05) is 31.1 Å². The highest BCUT2D eigenvalue weighted by molar-refractivity contribution is 7.89. The molecule has 0 fully saturated rings. The van der Waals surface area contributed by atoms with Gasteiger partial charge in [-0.1, -0.05) is 18.2 Å². The molecular weight excluding hydrogens is 403 g/mol. The van der Waals surface area contributed by atoms with E-state index in [0.29, 0.717) is 0 Å². The Morgan fingerprint density at radius 1 is 1.28 bits per heavy atom. The van der Waals surface area contributed by atoms with E-state index in [1.807, 2.05) is 0 Å². The Hall–Kier alpha value is -3.31. The summed E-state index contributed by atoms with van der Waals surface area (Å²) in [5.74, 6) is -0.558. The molecule has 1 unspecified atom stereocenters. The number of imidazole rings is 1. The Morgan fingerprint density at radius 2 is 2.00 bits per heavy atom. The molecule has 0 aliphatic heterocycles. The molecule has 0 radical (unpaired) electrons. The van der Waals surface area contributed by atoms with Crippen LogP contribution in [-0.4, -0.2) is 30.0 Å². The van der Waals surface area contributed by atoms with E-state index in [4.69, 9.17) is 4.74 Å². The summed E-state index contributed by atoms with van der Waals surface area (Å²) in [7, 11) is -1.42. The fourth-order valence-electron chi connectivity index (χ4n) is 2.83. The molecular formula is C18H17FN4O5S. The van der Waals surface area contributed by atoms with Crippen molar-refractivity contribution in [2.45, 2.75) is 10.9 Å². The normalized spacial score (nSPS) is 12.5. The van der Waals surface area contributed by atoms with E-state index < -0.39 is 26.8 Å². The van der Waals surface area contributed by atoms with Crippen LogP contribution in [0.3, 0.4) is 0 Å². The maximum Gasteiger partial charge on any atom is 0.273 e. The van der Waals surface area contributed by atoms with Gasteiger partial charge in [-0.3, -0.25) is 10.1 Å². The summed E-state index contributed by atoms with van der Waals surface area (Å²) in [5, 5.41) is 11.0. The van der Waals surface area contributed by atoms with Crippen LogP contribution in [0.2, 0.25) is 0 Å². The molecule has 0 spiro atoms. The first kappa shape index (κ1) is 20.4. The Labute approximate surface area is 166 Å². The zero-order valence-electron chi connectivity index (χ0n) is 15.4. The van der Waals surface area contributed by atoms with Gasteiger partial charge < -0.3 is 9.30 Å². The minimum Gasteiger partial charge on any atom is -0.495 e. The van der Waals surface area contributed by atoms with Crippen molar-refractivity contribution >= 4 is 15.7 Å². The van der Waals surface area contributed by atoms with E-state index in [-0.39, 0.29) is 27.7 Å². The number of nitrogens with one attached hydrogen (secondary N) is 1. The minimum atomic E-state index is -4.27. The third-order valence-electron chi connectivity index (χ3n) is 4.25. The zero-order chi connectivity index (χ0) is 21.2. The summed E-state index contributed by atoms with van der Waals surface area (Å²) in [6.07, 6.45) is 3.06. The lowest BCUT2D eigenvalue weighted by molar-refractivity contribution is -0.385. The second-order valence-corrected chi connectivity index (χ2v) is 7.75. The van der Waals surface area contributed by atoms with Gasteiger partial charge in [0.05, 0.1) is 18.1 Å². The molecule has 1 N–H and O–H groups in total. The van der Waals surface area contributed by atoms with Crippen molar-refractivity contribution in [2.75, 3.05) is 7.11 Å². The average molecular weight is 420 g/mol. The van der Waals surface area contributed by atoms with Crippen molar-refractivity contribution in [1.82, 2.24) is 14.3 Å². The van der Waals surface area contributed by atoms with Gasteiger partial charge in [0.2, 0.25) is 10.0 Å². The standard InChI is InChI=1S/C18H17FN4O5S/c1-22-10-9-20-18(22)17(13-5-3-4-6-14(13)19)21-29(26,27)16-8-7-12(23(24)25)11-15(16)28-2/h3-11,17,21H,1-2H3. The van der Waals surface area contributed by atoms with Crippen molar-refractivity contribution in [2.24, 2.45) is 7.05 Å². The van der Waals surface area contributed by atoms with Gasteiger partial charge >= 0.3 is 0 Å². The third-order valence-corrected chi connectivity index (χ3v) is 5.72. The number of nitro benzene ring substituents is 1. The lowest BCUT2D eigenvalue weighted by Gasteiger charge is -2.20. The molecule has 3 aromatic rings. The first-order valence-corrected chi connectivity index (χ1v) is 9.79. The van der Waals surface area contributed by atoms with Crippen LogP contribution in [-0.2, 0) is 17.1 Å². The maximum absolute atomic E-state index is 14.5. The number of non-ortho nitro benzene ring substituents is 1. The number of aryl methyl sites for hydroxylation is 1. The van der Waals surface area contributed by atoms with Gasteiger partial charge in [-0.25, -0.2) is 17.8 Å². The van der Waals surface area contributed by atoms with E-state index in [9.17, 15) is 22.9 Å². The summed E-state index contributed by atoms with van der Waals surface area (Å²) < 4.78 is 49.6. The van der Waals surface area contributed by atoms with Gasteiger partial charge in [0.1, 0.15) is 28.3 Å². The van der Waals surface area contributed by atoms with Crippen molar-refractivity contribution in [3.05, 3.63) is 82.2 Å². The molecule has 9 nitrogen and oxygen atoms in total. The highest BCUT2D eigenvalue weighted by atomic mass is 32.2. The average Bonchev–Trinajstić information content (AvgIpc) is 3.12. The number of hydrogen-bond donors (Lipinski definition) is 1. The van der Waals surface area contributed by atoms with Gasteiger partial charge in [0.15, 0.2) is 0 Å². The third kappa shape index (κ3) is 4.10. The number of benzene rings is 2. The molecule has 0 aliphatic carbocycles. The first-order chi connectivity index (χ1) is 13.7. The lowest BCUT2D eigenvalue weighted by Crippen LogP contribution is -2.32. The minimum absolute atomic E-state index is 0.0752. The van der Waals surface area contributed by atoms with Crippen LogP contribution >= 0.6 is 0 Å². The SMILES string of the molecule is COc1cc([N+](=O)[O-])ccc1S(=O)(=O)NC(c1ccccc1F)c1nccn1C. The fourth-order valence-corrected chi connectivity index (χ4v) is 4.15. The van der Waals surface area contributed by atoms with E-state index in [1.54, 1.807) is 23.9 Å². The van der Waals surface area contributed by atoms with Crippen molar-refractivity contribution in [1.29, 1.82) is 0 Å². The summed E-state index contributed by atoms with van der Waals surface area (Å²) >= 11 is 0. The largest absolute Gasteiger partial charge is 0.495 e. The van der Waals surface area contributed by atoms with Gasteiger partial charge in [-0.2, -0.15) is 4.72 Å². The molecule has 3 rings (SSSR count). The molecule has 0 saturated carbocycles. The second kappa shape index (κ2) is 7.97. The molecule has 11 heteroatoms. The zero-order valence-corrected chi connectivity index (χ0v) is 16.3. The summed E-state index contributed by atoms with van der Waals surface area (Å²) in [5.41, 5.74) is -0.248. The molecule has 29 heavy (non-hydrogen) atoms. The van der Waals surface area contributed by atoms with Crippen LogP contribution in [0.1, 0.15) is 17.4 Å². The number of hydrogen-bond acceptors (Lipinski definition) is 6. The van der Waals surface area contributed by atoms with E-state index in [1.165, 1.54) is 31.5 Å². The predicted molar refractivity (Wildman–Crippen MR) is 101 cm³/mol. The predicted octanol–water partition coefficient (Wildman–Crippen LogP) is 2.54. The number of aromatic nitrogens is 2. The Bertz CT molecular complexity index is 1160. The molecule has 1 atom stereocenters. The van der Waals surface area contributed by atoms with Crippen LogP contribution in [0.15, 0.2) is 59.8 Å². The summed E-state index contributed by atoms with van der Waals surface area (Å²) in [4.78, 5) is 14.1.